The lowest BCUT2D eigenvalue weighted by Crippen LogP contribution is -2.39. The minimum atomic E-state index is -3.71. The van der Waals surface area contributed by atoms with Crippen LogP contribution in [0.2, 0.25) is 0 Å². The van der Waals surface area contributed by atoms with Gasteiger partial charge in [0.05, 0.1) is 56.7 Å². The predicted molar refractivity (Wildman–Crippen MR) is 333 cm³/mol. The van der Waals surface area contributed by atoms with Crippen LogP contribution >= 0.6 is 0 Å². The number of carboxylic acid groups (broad SMARTS) is 1. The number of sulfonamides is 2. The first-order valence-electron chi connectivity index (χ1n) is 30.7. The molecule has 0 heterocycles. The molecule has 5 rings (SSSR count). The topological polar surface area (TPSA) is 194 Å². The third-order valence-corrected chi connectivity index (χ3v) is 19.9. The second-order valence-corrected chi connectivity index (χ2v) is 31.9. The summed E-state index contributed by atoms with van der Waals surface area (Å²) in [6.07, 6.45) is 16.3. The highest BCUT2D eigenvalue weighted by molar-refractivity contribution is 7.89. The van der Waals surface area contributed by atoms with Crippen molar-refractivity contribution in [3.63, 3.8) is 0 Å². The minimum absolute atomic E-state index is 0.00363. The van der Waals surface area contributed by atoms with E-state index in [2.05, 4.69) is 99.5 Å². The molecule has 15 nitrogen and oxygen atoms in total. The number of ether oxygens (including phenoxy) is 7. The Hall–Kier alpha value is -3.23. The van der Waals surface area contributed by atoms with E-state index < -0.39 is 60.1 Å². The molecule has 83 heavy (non-hydrogen) atoms. The molecule has 17 heteroatoms. The van der Waals surface area contributed by atoms with Gasteiger partial charge in [0.25, 0.3) is 0 Å². The summed E-state index contributed by atoms with van der Waals surface area (Å²) in [4.78, 5) is 11.0. The zero-order valence-corrected chi connectivity index (χ0v) is 55.0. The Morgan fingerprint density at radius 1 is 0.590 bits per heavy atom. The molecule has 0 aromatic heterocycles. The Morgan fingerprint density at radius 3 is 1.59 bits per heavy atom. The van der Waals surface area contributed by atoms with Gasteiger partial charge in [0, 0.05) is 69.1 Å². The Balaban J connectivity index is 1.45. The SMILES string of the molecule is COCC(C)(C)COCC(C)(C)CNS(=O)(=O)CCCOC1c2cc(C(C)(C)C3CCCCCCC3)ccc2-c2ccc(C(C)(C)C3C=CC(OCCCCCC(=O)O)=C3)cc2C1OCCCS(=O)(=O)NCC(C)(C)COCC(C)(C)OC. The highest BCUT2D eigenvalue weighted by Gasteiger charge is 2.41. The van der Waals surface area contributed by atoms with E-state index in [4.69, 9.17) is 38.3 Å². The number of methoxy groups -OCH3 is 2. The number of unbranched alkanes of at least 4 members (excludes halogenated alkanes) is 2. The van der Waals surface area contributed by atoms with Crippen LogP contribution in [0.4, 0.5) is 0 Å². The Kier molecular flexibility index (Phi) is 26.4. The molecule has 3 unspecified atom stereocenters. The van der Waals surface area contributed by atoms with Gasteiger partial charge in [-0.1, -0.05) is 144 Å². The van der Waals surface area contributed by atoms with Crippen molar-refractivity contribution in [1.29, 1.82) is 0 Å². The van der Waals surface area contributed by atoms with Crippen LogP contribution in [0.15, 0.2) is 60.4 Å². The third kappa shape index (κ3) is 22.5. The maximum absolute atomic E-state index is 13.7. The van der Waals surface area contributed by atoms with Crippen molar-refractivity contribution in [2.75, 3.05) is 91.7 Å². The van der Waals surface area contributed by atoms with Gasteiger partial charge >= 0.3 is 5.97 Å². The number of carboxylic acids is 1. The molecule has 0 saturated heterocycles. The highest BCUT2D eigenvalue weighted by atomic mass is 32.2. The van der Waals surface area contributed by atoms with Crippen molar-refractivity contribution in [3.05, 3.63) is 82.6 Å². The van der Waals surface area contributed by atoms with E-state index in [0.29, 0.717) is 52.0 Å². The largest absolute Gasteiger partial charge is 0.494 e. The molecule has 3 N–H and O–H groups in total. The molecule has 0 amide bonds. The van der Waals surface area contributed by atoms with E-state index in [0.717, 1.165) is 46.4 Å². The van der Waals surface area contributed by atoms with Crippen LogP contribution in [0.1, 0.15) is 201 Å². The lowest BCUT2D eigenvalue weighted by molar-refractivity contribution is -0.137. The zero-order chi connectivity index (χ0) is 61.3. The number of hydrogen-bond donors (Lipinski definition) is 3. The number of rotatable bonds is 38. The van der Waals surface area contributed by atoms with Crippen LogP contribution in [-0.2, 0) is 68.8 Å². The molecule has 2 aromatic carbocycles. The van der Waals surface area contributed by atoms with Crippen LogP contribution < -0.4 is 9.44 Å². The number of carbonyl (C=O) groups is 1. The molecular weight excluding hydrogens is 1090 g/mol. The van der Waals surface area contributed by atoms with Crippen molar-refractivity contribution in [1.82, 2.24) is 9.44 Å². The molecule has 0 radical (unpaired) electrons. The fraction of sp³-hybridized carbons (Fsp3) is 0.742. The average molecular weight is 1200 g/mol. The summed E-state index contributed by atoms with van der Waals surface area (Å²) < 4.78 is 104. The Labute approximate surface area is 501 Å². The van der Waals surface area contributed by atoms with Crippen LogP contribution in [0.5, 0.6) is 0 Å². The predicted octanol–water partition coefficient (Wildman–Crippen LogP) is 12.9. The molecule has 0 spiro atoms. The fourth-order valence-corrected chi connectivity index (χ4v) is 13.9. The van der Waals surface area contributed by atoms with Gasteiger partial charge in [0.1, 0.15) is 18.0 Å². The number of benzene rings is 2. The maximum Gasteiger partial charge on any atom is 0.303 e. The van der Waals surface area contributed by atoms with Gasteiger partial charge in [-0.15, -0.1) is 0 Å². The van der Waals surface area contributed by atoms with Gasteiger partial charge in [0.15, 0.2) is 0 Å². The fourth-order valence-electron chi connectivity index (χ4n) is 11.4. The zero-order valence-electron chi connectivity index (χ0n) is 53.3. The smallest absolute Gasteiger partial charge is 0.303 e. The summed E-state index contributed by atoms with van der Waals surface area (Å²) in [5, 5.41) is 9.05. The molecule has 3 aliphatic carbocycles. The lowest BCUT2D eigenvalue weighted by Gasteiger charge is -2.40. The van der Waals surface area contributed by atoms with Crippen molar-refractivity contribution in [2.24, 2.45) is 28.1 Å². The van der Waals surface area contributed by atoms with E-state index in [1.807, 2.05) is 47.6 Å². The van der Waals surface area contributed by atoms with E-state index >= 15 is 0 Å². The van der Waals surface area contributed by atoms with Gasteiger partial charge < -0.3 is 38.3 Å². The molecular formula is C66H108N2O13S2. The van der Waals surface area contributed by atoms with Gasteiger partial charge in [-0.25, -0.2) is 26.3 Å². The Bertz CT molecular complexity index is 2650. The van der Waals surface area contributed by atoms with Crippen LogP contribution in [0.3, 0.4) is 0 Å². The van der Waals surface area contributed by atoms with Gasteiger partial charge in [0.2, 0.25) is 20.0 Å². The first-order valence-corrected chi connectivity index (χ1v) is 34.0. The monoisotopic (exact) mass is 1200 g/mol. The van der Waals surface area contributed by atoms with Crippen LogP contribution in [-0.4, -0.2) is 125 Å². The summed E-state index contributed by atoms with van der Waals surface area (Å²) in [6, 6.07) is 13.5. The molecule has 472 valence electrons. The lowest BCUT2D eigenvalue weighted by atomic mass is 9.67. The van der Waals surface area contributed by atoms with E-state index in [1.165, 1.54) is 50.5 Å². The van der Waals surface area contributed by atoms with Crippen molar-refractivity contribution >= 4 is 26.0 Å². The molecule has 2 aromatic rings. The maximum atomic E-state index is 13.7. The molecule has 1 fully saturated rings. The van der Waals surface area contributed by atoms with Gasteiger partial charge in [-0.2, -0.15) is 0 Å². The van der Waals surface area contributed by atoms with Crippen molar-refractivity contribution in [2.45, 2.75) is 195 Å². The van der Waals surface area contributed by atoms with E-state index in [1.54, 1.807) is 14.2 Å². The van der Waals surface area contributed by atoms with E-state index in [-0.39, 0.29) is 73.8 Å². The summed E-state index contributed by atoms with van der Waals surface area (Å²) >= 11 is 0. The first-order chi connectivity index (χ1) is 38.8. The molecule has 3 atom stereocenters. The highest BCUT2D eigenvalue weighted by Crippen LogP contribution is 2.52. The number of nitrogens with one attached hydrogen (secondary N) is 2. The minimum Gasteiger partial charge on any atom is -0.494 e. The summed E-state index contributed by atoms with van der Waals surface area (Å²) in [6.45, 7) is 28.4. The van der Waals surface area contributed by atoms with Crippen molar-refractivity contribution < 1.29 is 59.9 Å². The van der Waals surface area contributed by atoms with E-state index in [9.17, 15) is 21.6 Å². The third-order valence-electron chi connectivity index (χ3n) is 17.1. The van der Waals surface area contributed by atoms with Gasteiger partial charge in [-0.3, -0.25) is 4.79 Å². The summed E-state index contributed by atoms with van der Waals surface area (Å²) in [5.74, 6) is 0.206. The summed E-state index contributed by atoms with van der Waals surface area (Å²) in [7, 11) is -4.10. The second-order valence-electron chi connectivity index (χ2n) is 28.0. The second kappa shape index (κ2) is 31.1. The van der Waals surface area contributed by atoms with Crippen LogP contribution in [0.25, 0.3) is 11.1 Å². The summed E-state index contributed by atoms with van der Waals surface area (Å²) in [5.41, 5.74) is 4.11. The molecule has 0 aliphatic heterocycles. The Morgan fingerprint density at radius 2 is 1.08 bits per heavy atom. The van der Waals surface area contributed by atoms with Crippen LogP contribution in [0, 0.1) is 28.1 Å². The molecule has 1 saturated carbocycles. The van der Waals surface area contributed by atoms with Gasteiger partial charge in [-0.05, 0) is 121 Å². The normalized spacial score (nSPS) is 18.8. The number of allylic oxidation sites excluding steroid dienone is 3. The first kappa shape index (κ1) is 70.5. The number of fused-ring (bicyclic) bond motifs is 3. The van der Waals surface area contributed by atoms with Crippen molar-refractivity contribution in [3.8, 4) is 11.1 Å². The standard InChI is InChI=1S/C66H108N2O13S2/c1-61(2,45-77-47-63(5,6)44-75-13)42-67-82(71,72)37-23-35-80-59-56-40-51(65(9,10)49-25-19-16-15-17-20-26-49)29-32-54(56)55-33-30-52(66(11,12)50-28-31-53(39-50)79-34-22-18-21-27-58(69)70)41-57(55)60(59)81-36-24-38-83(73,74)68-43-62(3,4)46-78-48-64(7,8)76-14/h28-33,39-41,49-50,59-60,67-68H,15-27,34-38,42-48H2,1-14H3,(H,69,70). The number of hydrogen-bond acceptors (Lipinski definition) is 12. The average Bonchev–Trinajstić information content (AvgIpc) is 4.03. The number of aliphatic carboxylic acids is 1. The molecule has 0 bridgehead atoms. The quantitative estimate of drug-likeness (QED) is 0.0538. The molecule has 3 aliphatic rings.